The van der Waals surface area contributed by atoms with E-state index in [1.54, 1.807) is 14.2 Å². The SMILES string of the molecule is COc1cc2nccc(Cc3cccc(-c4ccccc4)c3)c2cc1OC. The van der Waals surface area contributed by atoms with Gasteiger partial charge in [0.05, 0.1) is 19.7 Å². The Labute approximate surface area is 159 Å². The molecule has 3 nitrogen and oxygen atoms in total. The second-order valence-corrected chi connectivity index (χ2v) is 6.44. The van der Waals surface area contributed by atoms with Gasteiger partial charge in [0, 0.05) is 17.6 Å². The van der Waals surface area contributed by atoms with Crippen LogP contribution in [0.3, 0.4) is 0 Å². The predicted molar refractivity (Wildman–Crippen MR) is 110 cm³/mol. The molecule has 0 N–H and O–H groups in total. The van der Waals surface area contributed by atoms with Gasteiger partial charge in [-0.15, -0.1) is 0 Å². The molecular weight excluding hydrogens is 334 g/mol. The van der Waals surface area contributed by atoms with Crippen molar-refractivity contribution >= 4 is 10.9 Å². The van der Waals surface area contributed by atoms with Crippen LogP contribution in [-0.4, -0.2) is 19.2 Å². The second kappa shape index (κ2) is 7.50. The molecule has 0 bridgehead atoms. The van der Waals surface area contributed by atoms with Gasteiger partial charge in [-0.3, -0.25) is 4.98 Å². The van der Waals surface area contributed by atoms with E-state index < -0.39 is 0 Å². The lowest BCUT2D eigenvalue weighted by Gasteiger charge is -2.12. The topological polar surface area (TPSA) is 31.4 Å². The van der Waals surface area contributed by atoms with Crippen molar-refractivity contribution in [3.8, 4) is 22.6 Å². The highest BCUT2D eigenvalue weighted by Crippen LogP contribution is 2.33. The molecule has 0 aliphatic rings. The molecule has 134 valence electrons. The molecule has 0 saturated heterocycles. The van der Waals surface area contributed by atoms with Gasteiger partial charge in [0.1, 0.15) is 0 Å². The van der Waals surface area contributed by atoms with E-state index in [0.717, 1.165) is 23.1 Å². The Hall–Kier alpha value is -3.33. The monoisotopic (exact) mass is 355 g/mol. The van der Waals surface area contributed by atoms with Gasteiger partial charge in [-0.25, -0.2) is 0 Å². The van der Waals surface area contributed by atoms with Gasteiger partial charge in [0.15, 0.2) is 11.5 Å². The third-order valence-electron chi connectivity index (χ3n) is 4.77. The third-order valence-corrected chi connectivity index (χ3v) is 4.77. The number of pyridine rings is 1. The molecule has 0 aliphatic carbocycles. The molecule has 1 heterocycles. The van der Waals surface area contributed by atoms with E-state index in [9.17, 15) is 0 Å². The summed E-state index contributed by atoms with van der Waals surface area (Å²) in [5.74, 6) is 1.41. The van der Waals surface area contributed by atoms with Gasteiger partial charge in [-0.2, -0.15) is 0 Å². The summed E-state index contributed by atoms with van der Waals surface area (Å²) in [5, 5.41) is 1.08. The zero-order valence-electron chi connectivity index (χ0n) is 15.5. The number of fused-ring (bicyclic) bond motifs is 1. The molecule has 4 rings (SSSR count). The van der Waals surface area contributed by atoms with E-state index in [1.807, 2.05) is 24.4 Å². The van der Waals surface area contributed by atoms with E-state index in [1.165, 1.54) is 22.3 Å². The zero-order valence-corrected chi connectivity index (χ0v) is 15.5. The molecule has 1 aromatic heterocycles. The number of ether oxygens (including phenoxy) is 2. The maximum Gasteiger partial charge on any atom is 0.162 e. The van der Waals surface area contributed by atoms with Crippen molar-refractivity contribution in [2.75, 3.05) is 14.2 Å². The van der Waals surface area contributed by atoms with Crippen LogP contribution in [0.2, 0.25) is 0 Å². The number of hydrogen-bond acceptors (Lipinski definition) is 3. The largest absolute Gasteiger partial charge is 0.493 e. The van der Waals surface area contributed by atoms with Crippen LogP contribution in [0.25, 0.3) is 22.0 Å². The van der Waals surface area contributed by atoms with Gasteiger partial charge in [0.2, 0.25) is 0 Å². The smallest absolute Gasteiger partial charge is 0.162 e. The summed E-state index contributed by atoms with van der Waals surface area (Å²) in [4.78, 5) is 4.50. The molecule has 3 aromatic carbocycles. The number of methoxy groups -OCH3 is 2. The summed E-state index contributed by atoms with van der Waals surface area (Å²) in [7, 11) is 3.30. The minimum atomic E-state index is 0.695. The minimum absolute atomic E-state index is 0.695. The summed E-state index contributed by atoms with van der Waals surface area (Å²) in [6.45, 7) is 0. The minimum Gasteiger partial charge on any atom is -0.493 e. The van der Waals surface area contributed by atoms with Crippen LogP contribution >= 0.6 is 0 Å². The van der Waals surface area contributed by atoms with E-state index >= 15 is 0 Å². The van der Waals surface area contributed by atoms with Crippen molar-refractivity contribution in [2.24, 2.45) is 0 Å². The lowest BCUT2D eigenvalue weighted by molar-refractivity contribution is 0.356. The van der Waals surface area contributed by atoms with Crippen molar-refractivity contribution in [1.82, 2.24) is 4.98 Å². The standard InChI is InChI=1S/C24H21NO2/c1-26-23-15-21-20(11-12-25-22(21)16-24(23)27-2)14-17-7-6-10-19(13-17)18-8-4-3-5-9-18/h3-13,15-16H,14H2,1-2H3. The molecular formula is C24H21NO2. The van der Waals surface area contributed by atoms with Crippen LogP contribution in [0.4, 0.5) is 0 Å². The fourth-order valence-corrected chi connectivity index (χ4v) is 3.40. The molecule has 0 aliphatic heterocycles. The highest BCUT2D eigenvalue weighted by Gasteiger charge is 2.10. The van der Waals surface area contributed by atoms with E-state index in [-0.39, 0.29) is 0 Å². The first-order valence-corrected chi connectivity index (χ1v) is 8.92. The Morgan fingerprint density at radius 3 is 2.26 bits per heavy atom. The van der Waals surface area contributed by atoms with Crippen LogP contribution in [0.5, 0.6) is 11.5 Å². The van der Waals surface area contributed by atoms with Crippen LogP contribution in [0.15, 0.2) is 79.0 Å². The first-order chi connectivity index (χ1) is 13.3. The zero-order chi connectivity index (χ0) is 18.6. The normalized spacial score (nSPS) is 10.7. The van der Waals surface area contributed by atoms with Crippen molar-refractivity contribution in [3.63, 3.8) is 0 Å². The predicted octanol–water partition coefficient (Wildman–Crippen LogP) is 5.51. The molecule has 0 fully saturated rings. The Morgan fingerprint density at radius 1 is 0.741 bits per heavy atom. The van der Waals surface area contributed by atoms with Crippen LogP contribution in [0.1, 0.15) is 11.1 Å². The van der Waals surface area contributed by atoms with Crippen LogP contribution in [-0.2, 0) is 6.42 Å². The van der Waals surface area contributed by atoms with Gasteiger partial charge in [-0.05, 0) is 40.8 Å². The average molecular weight is 355 g/mol. The van der Waals surface area contributed by atoms with Crippen molar-refractivity contribution in [3.05, 3.63) is 90.1 Å². The maximum atomic E-state index is 5.47. The maximum absolute atomic E-state index is 5.47. The van der Waals surface area contributed by atoms with Gasteiger partial charge < -0.3 is 9.47 Å². The Kier molecular flexibility index (Phi) is 4.75. The van der Waals surface area contributed by atoms with Gasteiger partial charge in [-0.1, -0.05) is 54.6 Å². The first-order valence-electron chi connectivity index (χ1n) is 8.92. The molecule has 27 heavy (non-hydrogen) atoms. The number of nitrogens with zero attached hydrogens (tertiary/aromatic N) is 1. The second-order valence-electron chi connectivity index (χ2n) is 6.44. The first kappa shape index (κ1) is 17.1. The molecule has 0 atom stereocenters. The summed E-state index contributed by atoms with van der Waals surface area (Å²) in [6.07, 6.45) is 2.68. The van der Waals surface area contributed by atoms with E-state index in [2.05, 4.69) is 59.6 Å². The van der Waals surface area contributed by atoms with Crippen molar-refractivity contribution in [1.29, 1.82) is 0 Å². The fourth-order valence-electron chi connectivity index (χ4n) is 3.40. The molecule has 3 heteroatoms. The molecule has 0 unspecified atom stereocenters. The molecule has 0 radical (unpaired) electrons. The summed E-state index contributed by atoms with van der Waals surface area (Å²) >= 11 is 0. The van der Waals surface area contributed by atoms with Crippen molar-refractivity contribution < 1.29 is 9.47 Å². The number of rotatable bonds is 5. The molecule has 4 aromatic rings. The lowest BCUT2D eigenvalue weighted by atomic mass is 9.97. The quantitative estimate of drug-likeness (QED) is 0.473. The molecule has 0 spiro atoms. The van der Waals surface area contributed by atoms with Gasteiger partial charge in [0.25, 0.3) is 0 Å². The highest BCUT2D eigenvalue weighted by molar-refractivity contribution is 5.86. The third kappa shape index (κ3) is 3.49. The van der Waals surface area contributed by atoms with E-state index in [0.29, 0.717) is 5.75 Å². The highest BCUT2D eigenvalue weighted by atomic mass is 16.5. The number of aromatic nitrogens is 1. The number of benzene rings is 3. The summed E-state index contributed by atoms with van der Waals surface area (Å²) < 4.78 is 10.9. The molecule has 0 saturated carbocycles. The van der Waals surface area contributed by atoms with Crippen molar-refractivity contribution in [2.45, 2.75) is 6.42 Å². The number of hydrogen-bond donors (Lipinski definition) is 0. The summed E-state index contributed by atoms with van der Waals surface area (Å²) in [5.41, 5.74) is 5.84. The van der Waals surface area contributed by atoms with Crippen LogP contribution < -0.4 is 9.47 Å². The average Bonchev–Trinajstić information content (AvgIpc) is 2.74. The van der Waals surface area contributed by atoms with E-state index in [4.69, 9.17) is 9.47 Å². The lowest BCUT2D eigenvalue weighted by Crippen LogP contribution is -1.95. The Morgan fingerprint density at radius 2 is 1.48 bits per heavy atom. The fraction of sp³-hybridized carbons (Fsp3) is 0.125. The Bertz CT molecular complexity index is 1070. The molecule has 0 amide bonds. The Balaban J connectivity index is 1.74. The van der Waals surface area contributed by atoms with Crippen LogP contribution in [0, 0.1) is 0 Å². The van der Waals surface area contributed by atoms with Gasteiger partial charge >= 0.3 is 0 Å². The summed E-state index contributed by atoms with van der Waals surface area (Å²) in [6, 6.07) is 25.1.